The van der Waals surface area contributed by atoms with Crippen molar-refractivity contribution in [3.63, 3.8) is 0 Å². The minimum atomic E-state index is -0.553. The van der Waals surface area contributed by atoms with E-state index in [1.807, 2.05) is 0 Å². The van der Waals surface area contributed by atoms with Gasteiger partial charge in [-0.25, -0.2) is 9.78 Å². The summed E-state index contributed by atoms with van der Waals surface area (Å²) in [4.78, 5) is 29.2. The molecule has 10 heteroatoms. The van der Waals surface area contributed by atoms with Crippen molar-refractivity contribution in [1.29, 1.82) is 0 Å². The molecule has 162 valence electrons. The largest absolute Gasteiger partial charge is 0.446 e. The van der Waals surface area contributed by atoms with E-state index < -0.39 is 10.5 Å². The molecule has 1 aromatic rings. The Morgan fingerprint density at radius 2 is 2.10 bits per heavy atom. The van der Waals surface area contributed by atoms with E-state index in [2.05, 4.69) is 10.3 Å². The van der Waals surface area contributed by atoms with Crippen LogP contribution in [0.25, 0.3) is 0 Å². The van der Waals surface area contributed by atoms with Crippen LogP contribution in [0.3, 0.4) is 0 Å². The first-order valence-electron chi connectivity index (χ1n) is 10.5. The standard InChI is InChI=1S/C20H25ClN4O5/c21-14-5-16(25(28)29)18(22-9-14)23-15-1-2-24(10-15)19(26)30-17-12-3-11-4-13(17)8-20(27,6-11)7-12/h5,9,11-13,15,17,27H,1-4,6-8,10H2,(H,22,23)/t11?,12-,13-,15?,17?,20?/m1/s1. The Bertz CT molecular complexity index is 867. The molecule has 30 heavy (non-hydrogen) atoms. The molecule has 3 atom stereocenters. The second-order valence-corrected chi connectivity index (χ2v) is 9.83. The highest BCUT2D eigenvalue weighted by molar-refractivity contribution is 6.30. The molecule has 0 radical (unpaired) electrons. The molecule has 1 aromatic heterocycles. The number of carbonyl (C=O) groups is 1. The van der Waals surface area contributed by atoms with Gasteiger partial charge in [0.15, 0.2) is 0 Å². The molecule has 1 unspecified atom stereocenters. The average molecular weight is 437 g/mol. The zero-order chi connectivity index (χ0) is 21.0. The normalized spacial score (nSPS) is 36.7. The maximum atomic E-state index is 12.8. The number of nitro groups is 1. The Labute approximate surface area is 178 Å². The van der Waals surface area contributed by atoms with Crippen LogP contribution in [0.1, 0.15) is 38.5 Å². The second kappa shape index (κ2) is 7.23. The molecule has 1 aliphatic heterocycles. The first-order valence-corrected chi connectivity index (χ1v) is 10.9. The van der Waals surface area contributed by atoms with Gasteiger partial charge in [-0.1, -0.05) is 11.6 Å². The number of aromatic nitrogens is 1. The van der Waals surface area contributed by atoms with Crippen LogP contribution in [0.5, 0.6) is 0 Å². The third-order valence-electron chi connectivity index (χ3n) is 7.21. The van der Waals surface area contributed by atoms with Crippen LogP contribution < -0.4 is 5.32 Å². The lowest BCUT2D eigenvalue weighted by Crippen LogP contribution is -2.58. The molecular weight excluding hydrogens is 412 g/mol. The highest BCUT2D eigenvalue weighted by Crippen LogP contribution is 2.56. The molecule has 2 N–H and O–H groups in total. The Kier molecular flexibility index (Phi) is 4.77. The topological polar surface area (TPSA) is 118 Å². The first kappa shape index (κ1) is 19.8. The van der Waals surface area contributed by atoms with Crippen LogP contribution in [0.2, 0.25) is 5.02 Å². The minimum absolute atomic E-state index is 0.111. The molecule has 4 aliphatic carbocycles. The number of hydrogen-bond donors (Lipinski definition) is 2. The molecule has 9 nitrogen and oxygen atoms in total. The van der Waals surface area contributed by atoms with Crippen molar-refractivity contribution in [2.24, 2.45) is 17.8 Å². The second-order valence-electron chi connectivity index (χ2n) is 9.40. The van der Waals surface area contributed by atoms with Crippen LogP contribution in [0, 0.1) is 27.9 Å². The summed E-state index contributed by atoms with van der Waals surface area (Å²) < 4.78 is 5.94. The number of carbonyl (C=O) groups excluding carboxylic acids is 1. The zero-order valence-electron chi connectivity index (χ0n) is 16.5. The lowest BCUT2D eigenvalue weighted by atomic mass is 9.53. The molecule has 5 aliphatic rings. The van der Waals surface area contributed by atoms with Gasteiger partial charge in [-0.2, -0.15) is 0 Å². The van der Waals surface area contributed by atoms with E-state index in [4.69, 9.17) is 16.3 Å². The maximum absolute atomic E-state index is 12.8. The number of nitrogens with one attached hydrogen (secondary N) is 1. The van der Waals surface area contributed by atoms with E-state index >= 15 is 0 Å². The van der Waals surface area contributed by atoms with Crippen molar-refractivity contribution >= 4 is 29.2 Å². The average Bonchev–Trinajstić information content (AvgIpc) is 3.13. The molecule has 2 heterocycles. The van der Waals surface area contributed by atoms with Gasteiger partial charge in [-0.05, 0) is 56.3 Å². The molecule has 4 saturated carbocycles. The fraction of sp³-hybridized carbons (Fsp3) is 0.700. The highest BCUT2D eigenvalue weighted by Gasteiger charge is 2.56. The lowest BCUT2D eigenvalue weighted by molar-refractivity contribution is -0.384. The highest BCUT2D eigenvalue weighted by atomic mass is 35.5. The number of halogens is 1. The van der Waals surface area contributed by atoms with Gasteiger partial charge < -0.3 is 20.1 Å². The summed E-state index contributed by atoms with van der Waals surface area (Å²) in [6.07, 6.45) is 5.99. The number of likely N-dealkylation sites (tertiary alicyclic amines) is 1. The molecule has 1 amide bonds. The molecule has 0 aromatic carbocycles. The Balaban J connectivity index is 1.20. The molecule has 4 bridgehead atoms. The number of aliphatic hydroxyl groups is 1. The fourth-order valence-corrected chi connectivity index (χ4v) is 6.39. The summed E-state index contributed by atoms with van der Waals surface area (Å²) in [5.74, 6) is 1.22. The molecular formula is C20H25ClN4O5. The van der Waals surface area contributed by atoms with Gasteiger partial charge in [-0.15, -0.1) is 0 Å². The third kappa shape index (κ3) is 3.58. The lowest BCUT2D eigenvalue weighted by Gasteiger charge is -2.57. The van der Waals surface area contributed by atoms with E-state index in [1.54, 1.807) is 4.90 Å². The Morgan fingerprint density at radius 3 is 2.77 bits per heavy atom. The van der Waals surface area contributed by atoms with Crippen LogP contribution in [0.4, 0.5) is 16.3 Å². The summed E-state index contributed by atoms with van der Waals surface area (Å²) in [5.41, 5.74) is -0.738. The summed E-state index contributed by atoms with van der Waals surface area (Å²) in [6.45, 7) is 0.918. The molecule has 5 fully saturated rings. The van der Waals surface area contributed by atoms with Crippen molar-refractivity contribution < 1.29 is 19.6 Å². The van der Waals surface area contributed by atoms with Crippen LogP contribution in [0.15, 0.2) is 12.3 Å². The van der Waals surface area contributed by atoms with Gasteiger partial charge in [0.25, 0.3) is 0 Å². The Hall–Kier alpha value is -2.13. The SMILES string of the molecule is O=C(OC1[C@@H]2CC3C[C@@H]1CC(O)(C3)C2)N1CCC(Nc2ncc(Cl)cc2[N+](=O)[O-])C1. The van der Waals surface area contributed by atoms with Crippen LogP contribution in [-0.2, 0) is 4.74 Å². The van der Waals surface area contributed by atoms with Crippen molar-refractivity contribution in [3.8, 4) is 0 Å². The number of nitrogens with zero attached hydrogens (tertiary/aromatic N) is 3. The summed E-state index contributed by atoms with van der Waals surface area (Å²) in [6, 6.07) is 1.11. The van der Waals surface area contributed by atoms with Crippen LogP contribution >= 0.6 is 11.6 Å². The predicted molar refractivity (Wildman–Crippen MR) is 108 cm³/mol. The molecule has 0 spiro atoms. The summed E-state index contributed by atoms with van der Waals surface area (Å²) in [7, 11) is 0. The van der Waals surface area contributed by atoms with E-state index in [-0.39, 0.29) is 46.6 Å². The van der Waals surface area contributed by atoms with Crippen molar-refractivity contribution in [2.45, 2.75) is 56.3 Å². The number of rotatable bonds is 4. The molecule has 6 rings (SSSR count). The third-order valence-corrected chi connectivity index (χ3v) is 7.42. The van der Waals surface area contributed by atoms with Crippen LogP contribution in [-0.4, -0.2) is 56.8 Å². The van der Waals surface area contributed by atoms with Gasteiger partial charge in [0.05, 0.1) is 15.5 Å². The zero-order valence-corrected chi connectivity index (χ0v) is 17.3. The van der Waals surface area contributed by atoms with Crippen molar-refractivity contribution in [1.82, 2.24) is 9.88 Å². The number of pyridine rings is 1. The summed E-state index contributed by atoms with van der Waals surface area (Å²) in [5, 5.41) is 25.2. The van der Waals surface area contributed by atoms with Gasteiger partial charge in [-0.3, -0.25) is 10.1 Å². The maximum Gasteiger partial charge on any atom is 0.410 e. The van der Waals surface area contributed by atoms with Gasteiger partial charge in [0, 0.05) is 31.4 Å². The predicted octanol–water partition coefficient (Wildman–Crippen LogP) is 3.21. The van der Waals surface area contributed by atoms with Crippen molar-refractivity contribution in [3.05, 3.63) is 27.4 Å². The van der Waals surface area contributed by atoms with E-state index in [0.29, 0.717) is 25.4 Å². The van der Waals surface area contributed by atoms with E-state index in [1.165, 1.54) is 12.3 Å². The van der Waals surface area contributed by atoms with Crippen molar-refractivity contribution in [2.75, 3.05) is 18.4 Å². The number of amides is 1. The molecule has 1 saturated heterocycles. The van der Waals surface area contributed by atoms with Gasteiger partial charge >= 0.3 is 11.8 Å². The number of ether oxygens (including phenoxy) is 1. The van der Waals surface area contributed by atoms with E-state index in [9.17, 15) is 20.0 Å². The first-order chi connectivity index (χ1) is 14.3. The quantitative estimate of drug-likeness (QED) is 0.549. The number of hydrogen-bond acceptors (Lipinski definition) is 7. The smallest absolute Gasteiger partial charge is 0.410 e. The Morgan fingerprint density at radius 1 is 1.37 bits per heavy atom. The van der Waals surface area contributed by atoms with Gasteiger partial charge in [0.1, 0.15) is 6.10 Å². The fourth-order valence-electron chi connectivity index (χ4n) is 6.23. The summed E-state index contributed by atoms with van der Waals surface area (Å²) >= 11 is 5.82. The van der Waals surface area contributed by atoms with Gasteiger partial charge in [0.2, 0.25) is 5.82 Å². The monoisotopic (exact) mass is 436 g/mol. The minimum Gasteiger partial charge on any atom is -0.446 e. The number of anilines is 1. The van der Waals surface area contributed by atoms with E-state index in [0.717, 1.165) is 32.1 Å².